The van der Waals surface area contributed by atoms with Crippen LogP contribution in [0, 0.1) is 0 Å². The van der Waals surface area contributed by atoms with Gasteiger partial charge in [0.2, 0.25) is 0 Å². The van der Waals surface area contributed by atoms with Gasteiger partial charge in [-0.3, -0.25) is 9.78 Å². The lowest BCUT2D eigenvalue weighted by molar-refractivity contribution is -0.137. The molecule has 2 aromatic carbocycles. The molecule has 35 heavy (non-hydrogen) atoms. The number of nitrogens with one attached hydrogen (secondary N) is 1. The summed E-state index contributed by atoms with van der Waals surface area (Å²) in [5.41, 5.74) is 2.18. The fraction of sp³-hybridized carbons (Fsp3) is 0.0870. The third-order valence-corrected chi connectivity index (χ3v) is 4.85. The molecule has 0 saturated heterocycles. The maximum absolute atomic E-state index is 13.1. The number of amides is 1. The van der Waals surface area contributed by atoms with Crippen LogP contribution in [-0.4, -0.2) is 22.8 Å². The Hall–Kier alpha value is -3.86. The van der Waals surface area contributed by atoms with Crippen LogP contribution in [0.4, 0.5) is 37.7 Å². The Labute approximate surface area is 200 Å². The standard InChI is InChI=1S/C23H15ClF6N4O/c24-16-3-1-2-4-18(16)33-19(11-20(31)23(28,29)30)13-5-7-14(8-6-13)21(35)34-17-9-10-32-12-15(17)22(25,26)27/h1-12H,31H2,(H,32,34,35). The minimum absolute atomic E-state index is 0.0523. The number of para-hydroxylation sites is 1. The highest BCUT2D eigenvalue weighted by atomic mass is 35.5. The second-order valence-electron chi connectivity index (χ2n) is 7.00. The molecular weight excluding hydrogens is 498 g/mol. The van der Waals surface area contributed by atoms with E-state index in [1.54, 1.807) is 12.1 Å². The first-order chi connectivity index (χ1) is 16.4. The van der Waals surface area contributed by atoms with Crippen LogP contribution in [0.2, 0.25) is 5.02 Å². The van der Waals surface area contributed by atoms with E-state index in [1.807, 2.05) is 0 Å². The Bertz CT molecular complexity index is 1280. The van der Waals surface area contributed by atoms with E-state index in [2.05, 4.69) is 15.3 Å². The van der Waals surface area contributed by atoms with Crippen LogP contribution in [0.5, 0.6) is 0 Å². The van der Waals surface area contributed by atoms with E-state index in [0.29, 0.717) is 12.3 Å². The van der Waals surface area contributed by atoms with Crippen LogP contribution in [0.25, 0.3) is 0 Å². The minimum atomic E-state index is -4.82. The Morgan fingerprint density at radius 3 is 2.20 bits per heavy atom. The quantitative estimate of drug-likeness (QED) is 0.301. The van der Waals surface area contributed by atoms with Crippen molar-refractivity contribution in [2.24, 2.45) is 10.7 Å². The number of carbonyl (C=O) groups excluding carboxylic acids is 1. The van der Waals surface area contributed by atoms with Crippen molar-refractivity contribution >= 4 is 34.6 Å². The van der Waals surface area contributed by atoms with Crippen molar-refractivity contribution < 1.29 is 31.1 Å². The molecule has 5 nitrogen and oxygen atoms in total. The normalized spacial score (nSPS) is 13.0. The number of aliphatic imine (C=N–C) groups is 1. The summed E-state index contributed by atoms with van der Waals surface area (Å²) in [4.78, 5) is 20.1. The van der Waals surface area contributed by atoms with E-state index in [1.165, 1.54) is 36.4 Å². The van der Waals surface area contributed by atoms with Gasteiger partial charge >= 0.3 is 12.4 Å². The second kappa shape index (κ2) is 10.2. The lowest BCUT2D eigenvalue weighted by Crippen LogP contribution is -2.21. The Morgan fingerprint density at radius 2 is 1.60 bits per heavy atom. The Kier molecular flexibility index (Phi) is 7.49. The smallest absolute Gasteiger partial charge is 0.395 e. The van der Waals surface area contributed by atoms with E-state index in [9.17, 15) is 31.1 Å². The number of benzene rings is 2. The number of alkyl halides is 6. The van der Waals surface area contributed by atoms with Gasteiger partial charge in [0, 0.05) is 23.5 Å². The maximum Gasteiger partial charge on any atom is 0.430 e. The third-order valence-electron chi connectivity index (χ3n) is 4.53. The zero-order valence-electron chi connectivity index (χ0n) is 17.5. The molecule has 182 valence electrons. The molecule has 0 saturated carbocycles. The average Bonchev–Trinajstić information content (AvgIpc) is 2.79. The van der Waals surface area contributed by atoms with Gasteiger partial charge in [0.15, 0.2) is 0 Å². The van der Waals surface area contributed by atoms with E-state index < -0.39 is 35.2 Å². The van der Waals surface area contributed by atoms with Gasteiger partial charge in [-0.05, 0) is 36.4 Å². The van der Waals surface area contributed by atoms with Crippen LogP contribution >= 0.6 is 11.6 Å². The molecule has 0 aliphatic rings. The van der Waals surface area contributed by atoms with Gasteiger partial charge in [0.25, 0.3) is 5.91 Å². The first-order valence-electron chi connectivity index (χ1n) is 9.67. The highest BCUT2D eigenvalue weighted by Crippen LogP contribution is 2.34. The molecule has 1 amide bonds. The molecule has 3 aromatic rings. The molecule has 0 unspecified atom stereocenters. The van der Waals surface area contributed by atoms with Gasteiger partial charge in [-0.1, -0.05) is 35.9 Å². The zero-order valence-corrected chi connectivity index (χ0v) is 18.2. The minimum Gasteiger partial charge on any atom is -0.395 e. The predicted molar refractivity (Wildman–Crippen MR) is 120 cm³/mol. The summed E-state index contributed by atoms with van der Waals surface area (Å²) < 4.78 is 78.5. The number of nitrogens with two attached hydrogens (primary N) is 1. The molecule has 0 spiro atoms. The van der Waals surface area contributed by atoms with Gasteiger partial charge in [-0.2, -0.15) is 26.3 Å². The first kappa shape index (κ1) is 25.8. The van der Waals surface area contributed by atoms with Gasteiger partial charge in [0.05, 0.1) is 27.7 Å². The second-order valence-corrected chi connectivity index (χ2v) is 7.40. The van der Waals surface area contributed by atoms with Crippen LogP contribution in [0.1, 0.15) is 21.5 Å². The van der Waals surface area contributed by atoms with Crippen molar-refractivity contribution in [3.05, 3.63) is 100 Å². The molecule has 0 aliphatic carbocycles. The topological polar surface area (TPSA) is 80.4 Å². The molecule has 0 radical (unpaired) electrons. The van der Waals surface area contributed by atoms with Crippen LogP contribution in [0.15, 0.2) is 83.8 Å². The van der Waals surface area contributed by atoms with Crippen molar-refractivity contribution in [3.63, 3.8) is 0 Å². The predicted octanol–water partition coefficient (Wildman–Crippen LogP) is 6.53. The van der Waals surface area contributed by atoms with Crippen molar-refractivity contribution in [3.8, 4) is 0 Å². The number of allylic oxidation sites excluding steroid dienone is 2. The summed E-state index contributed by atoms with van der Waals surface area (Å²) in [5.74, 6) is -0.872. The SMILES string of the molecule is NC(=CC(=Nc1ccccc1Cl)c1ccc(C(=O)Nc2ccncc2C(F)(F)F)cc1)C(F)(F)F. The summed E-state index contributed by atoms with van der Waals surface area (Å²) in [5, 5.41) is 2.33. The molecule has 0 bridgehead atoms. The van der Waals surface area contributed by atoms with Crippen molar-refractivity contribution in [1.82, 2.24) is 4.98 Å². The van der Waals surface area contributed by atoms with E-state index in [-0.39, 0.29) is 27.5 Å². The highest BCUT2D eigenvalue weighted by molar-refractivity contribution is 6.33. The number of pyridine rings is 1. The lowest BCUT2D eigenvalue weighted by Gasteiger charge is -2.13. The largest absolute Gasteiger partial charge is 0.430 e. The molecule has 12 heteroatoms. The Balaban J connectivity index is 1.95. The van der Waals surface area contributed by atoms with Gasteiger partial charge in [-0.15, -0.1) is 0 Å². The molecule has 3 rings (SSSR count). The highest BCUT2D eigenvalue weighted by Gasteiger charge is 2.34. The molecule has 0 fully saturated rings. The number of anilines is 1. The van der Waals surface area contributed by atoms with Gasteiger partial charge < -0.3 is 11.1 Å². The third kappa shape index (κ3) is 6.60. The Morgan fingerprint density at radius 1 is 0.971 bits per heavy atom. The fourth-order valence-corrected chi connectivity index (χ4v) is 2.98. The van der Waals surface area contributed by atoms with Gasteiger partial charge in [-0.25, -0.2) is 4.99 Å². The van der Waals surface area contributed by atoms with Crippen molar-refractivity contribution in [1.29, 1.82) is 0 Å². The average molecular weight is 513 g/mol. The number of carbonyl (C=O) groups is 1. The number of halogens is 7. The van der Waals surface area contributed by atoms with Crippen LogP contribution in [-0.2, 0) is 6.18 Å². The zero-order chi connectivity index (χ0) is 25.8. The first-order valence-corrected chi connectivity index (χ1v) is 10.0. The maximum atomic E-state index is 13.1. The lowest BCUT2D eigenvalue weighted by atomic mass is 10.1. The van der Waals surface area contributed by atoms with E-state index in [0.717, 1.165) is 12.3 Å². The summed E-state index contributed by atoms with van der Waals surface area (Å²) in [7, 11) is 0. The molecule has 1 aromatic heterocycles. The van der Waals surface area contributed by atoms with Crippen LogP contribution in [0.3, 0.4) is 0 Å². The molecule has 3 N–H and O–H groups in total. The summed E-state index contributed by atoms with van der Waals surface area (Å²) >= 11 is 6.05. The molecular formula is C23H15ClF6N4O. The number of aromatic nitrogens is 1. The number of hydrogen-bond acceptors (Lipinski definition) is 4. The monoisotopic (exact) mass is 512 g/mol. The number of nitrogens with zero attached hydrogens (tertiary/aromatic N) is 2. The van der Waals surface area contributed by atoms with Crippen molar-refractivity contribution in [2.45, 2.75) is 12.4 Å². The molecule has 0 aliphatic heterocycles. The van der Waals surface area contributed by atoms with Crippen LogP contribution < -0.4 is 11.1 Å². The van der Waals surface area contributed by atoms with Gasteiger partial charge in [0.1, 0.15) is 5.70 Å². The molecule has 1 heterocycles. The summed E-state index contributed by atoms with van der Waals surface area (Å²) in [6.45, 7) is 0. The van der Waals surface area contributed by atoms with E-state index >= 15 is 0 Å². The van der Waals surface area contributed by atoms with Crippen molar-refractivity contribution in [2.75, 3.05) is 5.32 Å². The summed E-state index contributed by atoms with van der Waals surface area (Å²) in [6, 6.07) is 12.2. The fourth-order valence-electron chi connectivity index (χ4n) is 2.80. The number of rotatable bonds is 5. The number of hydrogen-bond donors (Lipinski definition) is 2. The molecule has 0 atom stereocenters. The summed E-state index contributed by atoms with van der Waals surface area (Å²) in [6.07, 6.45) is -7.28. The van der Waals surface area contributed by atoms with E-state index in [4.69, 9.17) is 17.3 Å².